The van der Waals surface area contributed by atoms with E-state index in [2.05, 4.69) is 23.6 Å². The fourth-order valence-electron chi connectivity index (χ4n) is 4.52. The van der Waals surface area contributed by atoms with Crippen LogP contribution in [0.4, 0.5) is 13.2 Å². The predicted octanol–water partition coefficient (Wildman–Crippen LogP) is 3.53. The zero-order valence-electron chi connectivity index (χ0n) is 16.2. The van der Waals surface area contributed by atoms with Gasteiger partial charge in [-0.2, -0.15) is 13.2 Å². The molecule has 1 aliphatic carbocycles. The number of alkyl halides is 3. The number of carboxylic acids is 1. The van der Waals surface area contributed by atoms with Gasteiger partial charge in [0, 0.05) is 25.7 Å². The highest BCUT2D eigenvalue weighted by Crippen LogP contribution is 2.41. The highest BCUT2D eigenvalue weighted by molar-refractivity contribution is 5.89. The lowest BCUT2D eigenvalue weighted by molar-refractivity contribution is -0.192. The molecule has 5 nitrogen and oxygen atoms in total. The number of carbonyl (C=O) groups excluding carboxylic acids is 1. The van der Waals surface area contributed by atoms with Crippen molar-refractivity contribution in [3.8, 4) is 0 Å². The van der Waals surface area contributed by atoms with Gasteiger partial charge in [-0.25, -0.2) is 4.79 Å². The molecule has 3 aliphatic rings. The second kappa shape index (κ2) is 8.80. The number of halogens is 3. The minimum absolute atomic E-state index is 0.00279. The molecule has 27 heavy (non-hydrogen) atoms. The lowest BCUT2D eigenvalue weighted by Crippen LogP contribution is -2.68. The first kappa shape index (κ1) is 22.0. The first-order valence-electron chi connectivity index (χ1n) is 9.89. The summed E-state index contributed by atoms with van der Waals surface area (Å²) in [6.45, 7) is 8.76. The standard InChI is InChI=1S/C17H30N2O.C2HF3O2/c1-14(2)19-13-17(16(19)20)9-6-10-18(12-17)11-15-7-4-3-5-8-15;3-2(4,5)1(6)7/h14-15H,3-13H2,1-2H3;(H,6,7). The van der Waals surface area contributed by atoms with Crippen molar-refractivity contribution in [1.82, 2.24) is 9.80 Å². The molecular formula is C19H31F3N2O3. The van der Waals surface area contributed by atoms with Crippen LogP contribution >= 0.6 is 0 Å². The Labute approximate surface area is 158 Å². The summed E-state index contributed by atoms with van der Waals surface area (Å²) in [5.41, 5.74) is -0.00279. The molecule has 3 rings (SSSR count). The van der Waals surface area contributed by atoms with Crippen LogP contribution in [0, 0.1) is 11.3 Å². The topological polar surface area (TPSA) is 60.9 Å². The minimum Gasteiger partial charge on any atom is -0.475 e. The zero-order chi connectivity index (χ0) is 20.2. The highest BCUT2D eigenvalue weighted by Gasteiger charge is 2.54. The van der Waals surface area contributed by atoms with Crippen molar-refractivity contribution >= 4 is 11.9 Å². The van der Waals surface area contributed by atoms with Gasteiger partial charge in [-0.3, -0.25) is 4.79 Å². The summed E-state index contributed by atoms with van der Waals surface area (Å²) in [6.07, 6.45) is 4.35. The largest absolute Gasteiger partial charge is 0.490 e. The SMILES string of the molecule is CC(C)N1CC2(CCCN(CC3CCCCC3)C2)C1=O.O=C(O)C(F)(F)F. The Bertz CT molecular complexity index is 533. The summed E-state index contributed by atoms with van der Waals surface area (Å²) < 4.78 is 31.7. The summed E-state index contributed by atoms with van der Waals surface area (Å²) >= 11 is 0. The number of hydrogen-bond donors (Lipinski definition) is 1. The second-order valence-electron chi connectivity index (χ2n) is 8.45. The van der Waals surface area contributed by atoms with E-state index < -0.39 is 12.1 Å². The molecule has 156 valence electrons. The summed E-state index contributed by atoms with van der Waals surface area (Å²) in [4.78, 5) is 26.1. The van der Waals surface area contributed by atoms with Gasteiger partial charge in [0.25, 0.3) is 0 Å². The number of carboxylic acid groups (broad SMARTS) is 1. The van der Waals surface area contributed by atoms with Crippen LogP contribution in [0.2, 0.25) is 0 Å². The Morgan fingerprint density at radius 2 is 1.78 bits per heavy atom. The fraction of sp³-hybridized carbons (Fsp3) is 0.895. The molecular weight excluding hydrogens is 361 g/mol. The number of amides is 1. The maximum absolute atomic E-state index is 12.5. The van der Waals surface area contributed by atoms with E-state index in [0.29, 0.717) is 11.9 Å². The summed E-state index contributed by atoms with van der Waals surface area (Å²) in [5.74, 6) is -1.43. The van der Waals surface area contributed by atoms with Crippen molar-refractivity contribution in [2.45, 2.75) is 71.0 Å². The van der Waals surface area contributed by atoms with Crippen molar-refractivity contribution in [3.63, 3.8) is 0 Å². The Morgan fingerprint density at radius 3 is 2.26 bits per heavy atom. The summed E-state index contributed by atoms with van der Waals surface area (Å²) in [5, 5.41) is 7.12. The summed E-state index contributed by atoms with van der Waals surface area (Å²) in [7, 11) is 0. The Kier molecular flexibility index (Phi) is 7.16. The quantitative estimate of drug-likeness (QED) is 0.747. The lowest BCUT2D eigenvalue weighted by atomic mass is 9.71. The van der Waals surface area contributed by atoms with Crippen LogP contribution in [-0.4, -0.2) is 65.2 Å². The summed E-state index contributed by atoms with van der Waals surface area (Å²) in [6, 6.07) is 0.377. The molecule has 2 aliphatic heterocycles. The van der Waals surface area contributed by atoms with Crippen LogP contribution in [0.3, 0.4) is 0 Å². The number of nitrogens with zero attached hydrogens (tertiary/aromatic N) is 2. The van der Waals surface area contributed by atoms with Gasteiger partial charge >= 0.3 is 12.1 Å². The van der Waals surface area contributed by atoms with E-state index in [1.165, 1.54) is 51.6 Å². The molecule has 0 aromatic heterocycles. The number of β-lactam (4-membered cyclic amide) rings is 1. The molecule has 1 amide bonds. The minimum atomic E-state index is -5.08. The average Bonchev–Trinajstić information content (AvgIpc) is 2.60. The van der Waals surface area contributed by atoms with Crippen LogP contribution in [0.25, 0.3) is 0 Å². The van der Waals surface area contributed by atoms with E-state index >= 15 is 0 Å². The predicted molar refractivity (Wildman–Crippen MR) is 95.2 cm³/mol. The average molecular weight is 392 g/mol. The lowest BCUT2D eigenvalue weighted by Gasteiger charge is -2.55. The monoisotopic (exact) mass is 392 g/mol. The van der Waals surface area contributed by atoms with Crippen LogP contribution in [-0.2, 0) is 9.59 Å². The van der Waals surface area contributed by atoms with Crippen LogP contribution in [0.1, 0.15) is 58.8 Å². The van der Waals surface area contributed by atoms with Crippen LogP contribution in [0.5, 0.6) is 0 Å². The van der Waals surface area contributed by atoms with E-state index in [0.717, 1.165) is 25.4 Å². The fourth-order valence-corrected chi connectivity index (χ4v) is 4.52. The number of rotatable bonds is 3. The molecule has 1 atom stereocenters. The van der Waals surface area contributed by atoms with Crippen molar-refractivity contribution < 1.29 is 27.9 Å². The molecule has 8 heteroatoms. The molecule has 1 unspecified atom stereocenters. The van der Waals surface area contributed by atoms with Gasteiger partial charge < -0.3 is 14.9 Å². The van der Waals surface area contributed by atoms with Gasteiger partial charge in [0.05, 0.1) is 5.41 Å². The zero-order valence-corrected chi connectivity index (χ0v) is 16.2. The Morgan fingerprint density at radius 1 is 1.19 bits per heavy atom. The number of hydrogen-bond acceptors (Lipinski definition) is 3. The van der Waals surface area contributed by atoms with Gasteiger partial charge in [0.1, 0.15) is 0 Å². The smallest absolute Gasteiger partial charge is 0.475 e. The van der Waals surface area contributed by atoms with Gasteiger partial charge in [-0.1, -0.05) is 19.3 Å². The maximum Gasteiger partial charge on any atom is 0.490 e. The van der Waals surface area contributed by atoms with Crippen molar-refractivity contribution in [2.75, 3.05) is 26.2 Å². The van der Waals surface area contributed by atoms with Crippen molar-refractivity contribution in [3.05, 3.63) is 0 Å². The van der Waals surface area contributed by atoms with Gasteiger partial charge in [0.15, 0.2) is 0 Å². The van der Waals surface area contributed by atoms with Crippen LogP contribution < -0.4 is 0 Å². The molecule has 1 N–H and O–H groups in total. The number of likely N-dealkylation sites (tertiary alicyclic amines) is 2. The van der Waals surface area contributed by atoms with E-state index in [1.807, 2.05) is 0 Å². The highest BCUT2D eigenvalue weighted by atomic mass is 19.4. The van der Waals surface area contributed by atoms with Gasteiger partial charge in [-0.15, -0.1) is 0 Å². The normalized spacial score (nSPS) is 27.3. The molecule has 0 aromatic rings. The second-order valence-corrected chi connectivity index (χ2v) is 8.45. The number of aliphatic carboxylic acids is 1. The molecule has 1 saturated carbocycles. The van der Waals surface area contributed by atoms with E-state index in [9.17, 15) is 18.0 Å². The van der Waals surface area contributed by atoms with Gasteiger partial charge in [-0.05, 0) is 52.0 Å². The van der Waals surface area contributed by atoms with Crippen LogP contribution in [0.15, 0.2) is 0 Å². The molecule has 2 heterocycles. The molecule has 2 saturated heterocycles. The molecule has 0 aromatic carbocycles. The van der Waals surface area contributed by atoms with Gasteiger partial charge in [0.2, 0.25) is 5.91 Å². The maximum atomic E-state index is 12.5. The Hall–Kier alpha value is -1.31. The molecule has 1 spiro atoms. The third kappa shape index (κ3) is 5.59. The number of piperidine rings is 1. The molecule has 0 radical (unpaired) electrons. The van der Waals surface area contributed by atoms with E-state index in [4.69, 9.17) is 9.90 Å². The Balaban J connectivity index is 0.000000321. The van der Waals surface area contributed by atoms with Crippen molar-refractivity contribution in [2.24, 2.45) is 11.3 Å². The van der Waals surface area contributed by atoms with E-state index in [-0.39, 0.29) is 5.41 Å². The first-order chi connectivity index (χ1) is 12.5. The third-order valence-corrected chi connectivity index (χ3v) is 5.95. The van der Waals surface area contributed by atoms with E-state index in [1.54, 1.807) is 0 Å². The first-order valence-corrected chi connectivity index (χ1v) is 9.89. The molecule has 0 bridgehead atoms. The number of carbonyl (C=O) groups is 2. The third-order valence-electron chi connectivity index (χ3n) is 5.95. The van der Waals surface area contributed by atoms with Crippen molar-refractivity contribution in [1.29, 1.82) is 0 Å². The molecule has 3 fully saturated rings.